The molecule has 0 aliphatic carbocycles. The molecule has 3 rings (SSSR count). The van der Waals surface area contributed by atoms with E-state index in [1.807, 2.05) is 30.3 Å². The number of anilines is 2. The highest BCUT2D eigenvalue weighted by atomic mass is 32.1. The fourth-order valence-corrected chi connectivity index (χ4v) is 3.20. The number of nitrogens with one attached hydrogen (secondary N) is 2. The predicted molar refractivity (Wildman–Crippen MR) is 95.3 cm³/mol. The Kier molecular flexibility index (Phi) is 5.39. The van der Waals surface area contributed by atoms with Crippen molar-refractivity contribution in [1.29, 1.82) is 0 Å². The molecular weight excluding hydrogens is 340 g/mol. The lowest BCUT2D eigenvalue weighted by atomic mass is 10.1. The van der Waals surface area contributed by atoms with E-state index in [4.69, 9.17) is 0 Å². The summed E-state index contributed by atoms with van der Waals surface area (Å²) in [6, 6.07) is 9.29. The Morgan fingerprint density at radius 3 is 2.80 bits per heavy atom. The van der Waals surface area contributed by atoms with Crippen LogP contribution in [0.25, 0.3) is 0 Å². The molecule has 0 unspecified atom stereocenters. The number of hydrogen-bond donors (Lipinski definition) is 2. The van der Waals surface area contributed by atoms with Gasteiger partial charge in [-0.05, 0) is 12.1 Å². The van der Waals surface area contributed by atoms with Crippen molar-refractivity contribution in [2.24, 2.45) is 5.92 Å². The van der Waals surface area contributed by atoms with Crippen LogP contribution < -0.4 is 15.5 Å². The highest BCUT2D eigenvalue weighted by Gasteiger charge is 2.34. The number of carbonyl (C=O) groups excluding carboxylic acids is 3. The van der Waals surface area contributed by atoms with Gasteiger partial charge in [0.15, 0.2) is 5.13 Å². The second kappa shape index (κ2) is 7.89. The number of para-hydroxylation sites is 1. The average Bonchev–Trinajstić information content (AvgIpc) is 3.25. The molecule has 8 heteroatoms. The summed E-state index contributed by atoms with van der Waals surface area (Å²) in [5, 5.41) is 7.70. The molecule has 2 heterocycles. The second-order valence-corrected chi connectivity index (χ2v) is 6.56. The lowest BCUT2D eigenvalue weighted by Gasteiger charge is -2.16. The average molecular weight is 358 g/mol. The van der Waals surface area contributed by atoms with E-state index in [0.717, 1.165) is 5.69 Å². The monoisotopic (exact) mass is 358 g/mol. The van der Waals surface area contributed by atoms with Crippen molar-refractivity contribution in [2.75, 3.05) is 23.3 Å². The van der Waals surface area contributed by atoms with Crippen LogP contribution in [-0.2, 0) is 14.4 Å². The summed E-state index contributed by atoms with van der Waals surface area (Å²) in [4.78, 5) is 41.7. The third-order valence-corrected chi connectivity index (χ3v) is 4.58. The van der Waals surface area contributed by atoms with Gasteiger partial charge in [-0.3, -0.25) is 14.4 Å². The Morgan fingerprint density at radius 1 is 1.28 bits per heavy atom. The van der Waals surface area contributed by atoms with Crippen LogP contribution in [0.5, 0.6) is 0 Å². The first kappa shape index (κ1) is 17.1. The van der Waals surface area contributed by atoms with Gasteiger partial charge in [0.25, 0.3) is 0 Å². The fourth-order valence-electron chi connectivity index (χ4n) is 2.65. The predicted octanol–water partition coefficient (Wildman–Crippen LogP) is 1.64. The van der Waals surface area contributed by atoms with E-state index in [1.54, 1.807) is 16.5 Å². The summed E-state index contributed by atoms with van der Waals surface area (Å²) < 4.78 is 0. The molecule has 2 N–H and O–H groups in total. The Bertz CT molecular complexity index is 749. The zero-order chi connectivity index (χ0) is 17.6. The summed E-state index contributed by atoms with van der Waals surface area (Å²) >= 11 is 1.34. The first-order valence-electron chi connectivity index (χ1n) is 7.96. The van der Waals surface area contributed by atoms with Crippen LogP contribution in [-0.4, -0.2) is 35.8 Å². The molecule has 1 atom stereocenters. The maximum Gasteiger partial charge on any atom is 0.227 e. The number of aromatic nitrogens is 1. The number of rotatable bonds is 6. The van der Waals surface area contributed by atoms with Crippen molar-refractivity contribution in [3.63, 3.8) is 0 Å². The first-order valence-corrected chi connectivity index (χ1v) is 8.84. The van der Waals surface area contributed by atoms with Crippen LogP contribution in [0, 0.1) is 5.92 Å². The van der Waals surface area contributed by atoms with Crippen LogP contribution in [0.3, 0.4) is 0 Å². The lowest BCUT2D eigenvalue weighted by molar-refractivity contribution is -0.126. The van der Waals surface area contributed by atoms with Crippen LogP contribution in [0.2, 0.25) is 0 Å². The zero-order valence-electron chi connectivity index (χ0n) is 13.5. The molecule has 0 bridgehead atoms. The van der Waals surface area contributed by atoms with Gasteiger partial charge >= 0.3 is 0 Å². The summed E-state index contributed by atoms with van der Waals surface area (Å²) in [5.74, 6) is -0.861. The molecular formula is C17H18N4O3S. The van der Waals surface area contributed by atoms with E-state index in [-0.39, 0.29) is 37.1 Å². The van der Waals surface area contributed by atoms with Gasteiger partial charge in [0.2, 0.25) is 17.7 Å². The second-order valence-electron chi connectivity index (χ2n) is 5.67. The number of benzene rings is 1. The molecule has 1 aliphatic rings. The van der Waals surface area contributed by atoms with Gasteiger partial charge in [-0.15, -0.1) is 11.3 Å². The summed E-state index contributed by atoms with van der Waals surface area (Å²) in [6.07, 6.45) is 1.96. The van der Waals surface area contributed by atoms with E-state index in [1.165, 1.54) is 11.3 Å². The molecule has 1 saturated heterocycles. The van der Waals surface area contributed by atoms with Crippen LogP contribution in [0.1, 0.15) is 12.8 Å². The lowest BCUT2D eigenvalue weighted by Crippen LogP contribution is -2.34. The van der Waals surface area contributed by atoms with Crippen LogP contribution >= 0.6 is 11.3 Å². The van der Waals surface area contributed by atoms with Crippen LogP contribution in [0.4, 0.5) is 10.8 Å². The molecule has 1 aromatic heterocycles. The Balaban J connectivity index is 1.44. The van der Waals surface area contributed by atoms with Gasteiger partial charge in [0.1, 0.15) is 0 Å². The van der Waals surface area contributed by atoms with Gasteiger partial charge in [0.05, 0.1) is 5.92 Å². The normalized spacial score (nSPS) is 16.7. The Hall–Kier alpha value is -2.74. The molecule has 25 heavy (non-hydrogen) atoms. The molecule has 1 fully saturated rings. The van der Waals surface area contributed by atoms with Crippen molar-refractivity contribution in [1.82, 2.24) is 10.3 Å². The van der Waals surface area contributed by atoms with Gasteiger partial charge in [-0.25, -0.2) is 4.98 Å². The van der Waals surface area contributed by atoms with E-state index >= 15 is 0 Å². The zero-order valence-corrected chi connectivity index (χ0v) is 14.3. The topological polar surface area (TPSA) is 91.4 Å². The minimum Gasteiger partial charge on any atom is -0.355 e. The molecule has 7 nitrogen and oxygen atoms in total. The summed E-state index contributed by atoms with van der Waals surface area (Å²) in [6.45, 7) is 0.589. The smallest absolute Gasteiger partial charge is 0.227 e. The molecule has 0 radical (unpaired) electrons. The first-order chi connectivity index (χ1) is 12.1. The molecule has 0 saturated carbocycles. The number of nitrogens with zero attached hydrogens (tertiary/aromatic N) is 2. The quantitative estimate of drug-likeness (QED) is 0.821. The third-order valence-electron chi connectivity index (χ3n) is 3.89. The van der Waals surface area contributed by atoms with Crippen molar-refractivity contribution in [3.05, 3.63) is 41.9 Å². The van der Waals surface area contributed by atoms with Crippen molar-refractivity contribution >= 4 is 39.9 Å². The van der Waals surface area contributed by atoms with E-state index < -0.39 is 5.92 Å². The van der Waals surface area contributed by atoms with Crippen LogP contribution in [0.15, 0.2) is 41.9 Å². The maximum atomic E-state index is 12.2. The molecule has 1 aromatic carbocycles. The highest BCUT2D eigenvalue weighted by Crippen LogP contribution is 2.24. The Morgan fingerprint density at radius 2 is 2.08 bits per heavy atom. The number of amides is 3. The largest absolute Gasteiger partial charge is 0.355 e. The summed E-state index contributed by atoms with van der Waals surface area (Å²) in [7, 11) is 0. The van der Waals surface area contributed by atoms with Gasteiger partial charge in [-0.2, -0.15) is 0 Å². The minimum atomic E-state index is -0.394. The molecule has 0 spiro atoms. The van der Waals surface area contributed by atoms with Crippen molar-refractivity contribution in [2.45, 2.75) is 12.8 Å². The number of hydrogen-bond acceptors (Lipinski definition) is 5. The molecule has 130 valence electrons. The number of carbonyl (C=O) groups is 3. The van der Waals surface area contributed by atoms with E-state index in [0.29, 0.717) is 11.7 Å². The maximum absolute atomic E-state index is 12.2. The minimum absolute atomic E-state index is 0.0622. The molecule has 3 amide bonds. The van der Waals surface area contributed by atoms with Crippen molar-refractivity contribution < 1.29 is 14.4 Å². The number of thiazole rings is 1. The van der Waals surface area contributed by atoms with Gasteiger partial charge in [0, 0.05) is 43.2 Å². The SMILES string of the molecule is O=C(CCNC(=O)[C@H]1CC(=O)N(c2ccccc2)C1)Nc1nccs1. The van der Waals surface area contributed by atoms with Gasteiger partial charge in [-0.1, -0.05) is 18.2 Å². The van der Waals surface area contributed by atoms with E-state index in [2.05, 4.69) is 15.6 Å². The molecule has 2 aromatic rings. The van der Waals surface area contributed by atoms with Crippen molar-refractivity contribution in [3.8, 4) is 0 Å². The van der Waals surface area contributed by atoms with E-state index in [9.17, 15) is 14.4 Å². The highest BCUT2D eigenvalue weighted by molar-refractivity contribution is 7.13. The molecule has 1 aliphatic heterocycles. The summed E-state index contributed by atoms with van der Waals surface area (Å²) in [5.41, 5.74) is 0.797. The Labute approximate surface area is 149 Å². The third kappa shape index (κ3) is 4.42. The standard InChI is InChI=1S/C17H18N4O3S/c22-14(20-17-19-8-9-25-17)6-7-18-16(24)12-10-15(23)21(11-12)13-4-2-1-3-5-13/h1-5,8-9,12H,6-7,10-11H2,(H,18,24)(H,19,20,22)/t12-/m0/s1. The van der Waals surface area contributed by atoms with Gasteiger partial charge < -0.3 is 15.5 Å². The fraction of sp³-hybridized carbons (Fsp3) is 0.294.